The van der Waals surface area contributed by atoms with Crippen LogP contribution in [-0.2, 0) is 6.18 Å². The molecule has 1 amide bonds. The predicted molar refractivity (Wildman–Crippen MR) is 54.8 cm³/mol. The van der Waals surface area contributed by atoms with Crippen molar-refractivity contribution in [3.63, 3.8) is 0 Å². The number of benzene rings is 1. The van der Waals surface area contributed by atoms with Gasteiger partial charge < -0.3 is 5.73 Å². The van der Waals surface area contributed by atoms with Crippen molar-refractivity contribution in [2.75, 3.05) is 0 Å². The van der Waals surface area contributed by atoms with E-state index in [1.807, 2.05) is 0 Å². The van der Waals surface area contributed by atoms with Crippen LogP contribution >= 0.6 is 0 Å². The van der Waals surface area contributed by atoms with Crippen LogP contribution < -0.4 is 5.73 Å². The summed E-state index contributed by atoms with van der Waals surface area (Å²) < 4.78 is 64.7. The van der Waals surface area contributed by atoms with E-state index in [2.05, 4.69) is 10.3 Å². The summed E-state index contributed by atoms with van der Waals surface area (Å²) in [6, 6.07) is 1.97. The molecule has 5 nitrogen and oxygen atoms in total. The number of rotatable bonds is 2. The van der Waals surface area contributed by atoms with E-state index in [1.165, 1.54) is 0 Å². The van der Waals surface area contributed by atoms with Crippen LogP contribution in [0.15, 0.2) is 18.2 Å². The zero-order valence-electron chi connectivity index (χ0n) is 9.45. The SMILES string of the molecule is NC(=O)c1nnn(-c2ccc(F)c(F)c2)c1C(F)(F)F. The molecule has 1 heterocycles. The molecule has 20 heavy (non-hydrogen) atoms. The number of alkyl halides is 3. The van der Waals surface area contributed by atoms with Gasteiger partial charge >= 0.3 is 6.18 Å². The van der Waals surface area contributed by atoms with Crippen LogP contribution in [0, 0.1) is 11.6 Å². The van der Waals surface area contributed by atoms with E-state index in [4.69, 9.17) is 5.73 Å². The number of primary amides is 1. The lowest BCUT2D eigenvalue weighted by molar-refractivity contribution is -0.143. The number of aromatic nitrogens is 3. The predicted octanol–water partition coefficient (Wildman–Crippen LogP) is 1.66. The number of nitrogens with zero attached hydrogens (tertiary/aromatic N) is 3. The highest BCUT2D eigenvalue weighted by atomic mass is 19.4. The second-order valence-corrected chi connectivity index (χ2v) is 3.66. The van der Waals surface area contributed by atoms with Gasteiger partial charge in [0.2, 0.25) is 0 Å². The van der Waals surface area contributed by atoms with E-state index in [0.717, 1.165) is 6.07 Å². The summed E-state index contributed by atoms with van der Waals surface area (Å²) in [6.07, 6.45) is -5.00. The summed E-state index contributed by atoms with van der Waals surface area (Å²) in [4.78, 5) is 10.9. The molecule has 0 atom stereocenters. The molecule has 0 aliphatic rings. The summed E-state index contributed by atoms with van der Waals surface area (Å²) in [7, 11) is 0. The smallest absolute Gasteiger partial charge is 0.364 e. The highest BCUT2D eigenvalue weighted by molar-refractivity contribution is 5.92. The lowest BCUT2D eigenvalue weighted by atomic mass is 10.2. The fourth-order valence-corrected chi connectivity index (χ4v) is 1.50. The third-order valence-electron chi connectivity index (χ3n) is 2.32. The number of hydrogen-bond acceptors (Lipinski definition) is 3. The number of carbonyl (C=O) groups excluding carboxylic acids is 1. The van der Waals surface area contributed by atoms with Crippen LogP contribution in [0.4, 0.5) is 22.0 Å². The Hall–Kier alpha value is -2.52. The number of hydrogen-bond donors (Lipinski definition) is 1. The average molecular weight is 292 g/mol. The normalized spacial score (nSPS) is 11.7. The lowest BCUT2D eigenvalue weighted by Crippen LogP contribution is -2.21. The van der Waals surface area contributed by atoms with Crippen LogP contribution in [0.3, 0.4) is 0 Å². The zero-order valence-corrected chi connectivity index (χ0v) is 9.45. The van der Waals surface area contributed by atoms with E-state index in [0.29, 0.717) is 12.1 Å². The van der Waals surface area contributed by atoms with Gasteiger partial charge in [-0.2, -0.15) is 13.2 Å². The van der Waals surface area contributed by atoms with Crippen LogP contribution in [0.2, 0.25) is 0 Å². The van der Waals surface area contributed by atoms with Gasteiger partial charge in [-0.15, -0.1) is 5.10 Å². The van der Waals surface area contributed by atoms with Gasteiger partial charge in [0.05, 0.1) is 5.69 Å². The first-order chi connectivity index (χ1) is 9.21. The Morgan fingerprint density at radius 1 is 1.20 bits per heavy atom. The van der Waals surface area contributed by atoms with Gasteiger partial charge in [0.25, 0.3) is 5.91 Å². The Kier molecular flexibility index (Phi) is 3.16. The molecule has 106 valence electrons. The Balaban J connectivity index is 2.68. The molecular formula is C10H5F5N4O. The quantitative estimate of drug-likeness (QED) is 0.855. The molecule has 2 N–H and O–H groups in total. The molecular weight excluding hydrogens is 287 g/mol. The van der Waals surface area contributed by atoms with Crippen molar-refractivity contribution in [1.29, 1.82) is 0 Å². The monoisotopic (exact) mass is 292 g/mol. The molecule has 0 saturated carbocycles. The first-order valence-corrected chi connectivity index (χ1v) is 5.00. The summed E-state index contributed by atoms with van der Waals surface area (Å²) in [5.41, 5.74) is 1.65. The summed E-state index contributed by atoms with van der Waals surface area (Å²) in [5.74, 6) is -4.05. The van der Waals surface area contributed by atoms with Crippen molar-refractivity contribution in [2.24, 2.45) is 5.73 Å². The summed E-state index contributed by atoms with van der Waals surface area (Å²) in [6.45, 7) is 0. The van der Waals surface area contributed by atoms with Gasteiger partial charge in [0.1, 0.15) is 0 Å². The van der Waals surface area contributed by atoms with E-state index in [1.54, 1.807) is 0 Å². The van der Waals surface area contributed by atoms with Crippen molar-refractivity contribution >= 4 is 5.91 Å². The average Bonchev–Trinajstić information content (AvgIpc) is 2.77. The van der Waals surface area contributed by atoms with E-state index < -0.39 is 40.8 Å². The van der Waals surface area contributed by atoms with Gasteiger partial charge in [-0.3, -0.25) is 4.79 Å². The molecule has 1 aromatic carbocycles. The van der Waals surface area contributed by atoms with Crippen molar-refractivity contribution in [3.8, 4) is 5.69 Å². The molecule has 2 rings (SSSR count). The van der Waals surface area contributed by atoms with E-state index in [9.17, 15) is 26.7 Å². The van der Waals surface area contributed by atoms with E-state index >= 15 is 0 Å². The standard InChI is InChI=1S/C10H5F5N4O/c11-5-2-1-4(3-6(5)12)19-8(10(13,14)15)7(9(16)20)17-18-19/h1-3H,(H2,16,20). The first kappa shape index (κ1) is 13.9. The molecule has 0 fully saturated rings. The molecule has 0 spiro atoms. The maximum Gasteiger partial charge on any atom is 0.435 e. The Morgan fingerprint density at radius 3 is 2.35 bits per heavy atom. The molecule has 0 aliphatic heterocycles. The minimum atomic E-state index is -5.00. The summed E-state index contributed by atoms with van der Waals surface area (Å²) in [5, 5.41) is 6.11. The van der Waals surface area contributed by atoms with Crippen molar-refractivity contribution in [1.82, 2.24) is 15.0 Å². The summed E-state index contributed by atoms with van der Waals surface area (Å²) >= 11 is 0. The van der Waals surface area contributed by atoms with Gasteiger partial charge in [0.15, 0.2) is 23.0 Å². The third kappa shape index (κ3) is 2.31. The molecule has 0 bridgehead atoms. The molecule has 0 unspecified atom stereocenters. The Morgan fingerprint density at radius 2 is 1.85 bits per heavy atom. The van der Waals surface area contributed by atoms with Crippen molar-refractivity contribution in [2.45, 2.75) is 6.18 Å². The largest absolute Gasteiger partial charge is 0.435 e. The molecule has 10 heteroatoms. The Labute approximate surface area is 107 Å². The maximum atomic E-state index is 13.0. The van der Waals surface area contributed by atoms with Crippen molar-refractivity contribution in [3.05, 3.63) is 41.2 Å². The van der Waals surface area contributed by atoms with Gasteiger partial charge in [0, 0.05) is 6.07 Å². The topological polar surface area (TPSA) is 73.8 Å². The second kappa shape index (κ2) is 4.54. The van der Waals surface area contributed by atoms with Gasteiger partial charge in [-0.1, -0.05) is 5.21 Å². The fourth-order valence-electron chi connectivity index (χ4n) is 1.50. The number of carbonyl (C=O) groups is 1. The molecule has 1 aromatic heterocycles. The lowest BCUT2D eigenvalue weighted by Gasteiger charge is -2.10. The molecule has 0 saturated heterocycles. The number of halogens is 5. The third-order valence-corrected chi connectivity index (χ3v) is 2.32. The fraction of sp³-hybridized carbons (Fsp3) is 0.100. The van der Waals surface area contributed by atoms with Gasteiger partial charge in [-0.05, 0) is 12.1 Å². The number of amides is 1. The van der Waals surface area contributed by atoms with Crippen LogP contribution in [0.5, 0.6) is 0 Å². The molecule has 0 radical (unpaired) electrons. The maximum absolute atomic E-state index is 13.0. The van der Waals surface area contributed by atoms with Gasteiger partial charge in [-0.25, -0.2) is 13.5 Å². The van der Waals surface area contributed by atoms with Crippen LogP contribution in [0.1, 0.15) is 16.2 Å². The van der Waals surface area contributed by atoms with Crippen LogP contribution in [0.25, 0.3) is 5.69 Å². The van der Waals surface area contributed by atoms with Crippen LogP contribution in [-0.4, -0.2) is 20.9 Å². The second-order valence-electron chi connectivity index (χ2n) is 3.66. The Bertz CT molecular complexity index is 679. The minimum absolute atomic E-state index is 0.169. The minimum Gasteiger partial charge on any atom is -0.364 e. The highest BCUT2D eigenvalue weighted by Crippen LogP contribution is 2.32. The molecule has 0 aliphatic carbocycles. The molecule has 2 aromatic rings. The highest BCUT2D eigenvalue weighted by Gasteiger charge is 2.41. The number of nitrogens with two attached hydrogens (primary N) is 1. The first-order valence-electron chi connectivity index (χ1n) is 5.00. The van der Waals surface area contributed by atoms with E-state index in [-0.39, 0.29) is 4.68 Å². The zero-order chi connectivity index (χ0) is 15.1. The van der Waals surface area contributed by atoms with Crippen molar-refractivity contribution < 1.29 is 26.7 Å².